The summed E-state index contributed by atoms with van der Waals surface area (Å²) in [5.41, 5.74) is 3.89. The molecule has 0 radical (unpaired) electrons. The van der Waals surface area contributed by atoms with Gasteiger partial charge in [-0.3, -0.25) is 0 Å². The van der Waals surface area contributed by atoms with Crippen LogP contribution in [0.3, 0.4) is 0 Å². The maximum absolute atomic E-state index is 5.50. The largest absolute Gasteiger partial charge is 0.356 e. The van der Waals surface area contributed by atoms with Gasteiger partial charge in [0.15, 0.2) is 5.11 Å². The number of nitrogens with one attached hydrogen (secondary N) is 3. The zero-order chi connectivity index (χ0) is 16.4. The van der Waals surface area contributed by atoms with Gasteiger partial charge in [-0.25, -0.2) is 0 Å². The minimum absolute atomic E-state index is 0.233. The molecule has 0 aliphatic carbocycles. The van der Waals surface area contributed by atoms with E-state index < -0.39 is 0 Å². The molecule has 0 saturated carbocycles. The van der Waals surface area contributed by atoms with Crippen molar-refractivity contribution in [2.45, 2.75) is 12.1 Å². The molecule has 2 aromatic carbocycles. The third-order valence-corrected chi connectivity index (χ3v) is 5.08. The monoisotopic (exact) mass is 335 g/mol. The molecule has 3 nitrogen and oxygen atoms in total. The van der Waals surface area contributed by atoms with Crippen molar-refractivity contribution < 1.29 is 0 Å². The summed E-state index contributed by atoms with van der Waals surface area (Å²) in [7, 11) is 0. The van der Waals surface area contributed by atoms with Crippen molar-refractivity contribution in [1.82, 2.24) is 16.0 Å². The minimum Gasteiger partial charge on any atom is -0.356 e. The van der Waals surface area contributed by atoms with Crippen LogP contribution in [0.2, 0.25) is 0 Å². The van der Waals surface area contributed by atoms with E-state index in [1.54, 1.807) is 0 Å². The third kappa shape index (κ3) is 3.07. The second-order valence-electron chi connectivity index (χ2n) is 6.41. The summed E-state index contributed by atoms with van der Waals surface area (Å²) in [6.45, 7) is 1.87. The average Bonchev–Trinajstić information content (AvgIpc) is 2.63. The Balaban J connectivity index is 1.67. The molecule has 2 aliphatic rings. The number of hydrogen-bond donors (Lipinski definition) is 3. The molecular weight excluding hydrogens is 314 g/mol. The SMILES string of the molecule is S=C1NC2/C(=C/c3ccccc3)CNCC2C(c2ccccc2)N1. The van der Waals surface area contributed by atoms with Gasteiger partial charge in [-0.15, -0.1) is 0 Å². The molecule has 0 bridgehead atoms. The third-order valence-electron chi connectivity index (χ3n) is 4.85. The van der Waals surface area contributed by atoms with Gasteiger partial charge in [-0.2, -0.15) is 0 Å². The Morgan fingerprint density at radius 3 is 2.29 bits per heavy atom. The van der Waals surface area contributed by atoms with Crippen molar-refractivity contribution in [1.29, 1.82) is 0 Å². The van der Waals surface area contributed by atoms with Crippen LogP contribution >= 0.6 is 12.2 Å². The van der Waals surface area contributed by atoms with Crippen LogP contribution in [0, 0.1) is 5.92 Å². The fourth-order valence-corrected chi connectivity index (χ4v) is 3.98. The highest BCUT2D eigenvalue weighted by Crippen LogP contribution is 2.33. The lowest BCUT2D eigenvalue weighted by Crippen LogP contribution is -2.62. The zero-order valence-electron chi connectivity index (χ0n) is 13.4. The molecule has 2 aliphatic heterocycles. The Kier molecular flexibility index (Phi) is 4.32. The second kappa shape index (κ2) is 6.75. The Hall–Kier alpha value is -2.17. The molecule has 3 atom stereocenters. The van der Waals surface area contributed by atoms with Crippen LogP contribution in [0.1, 0.15) is 17.2 Å². The maximum atomic E-state index is 5.50. The number of hydrogen-bond acceptors (Lipinski definition) is 2. The lowest BCUT2D eigenvalue weighted by Gasteiger charge is -2.45. The molecule has 2 aromatic rings. The molecule has 2 fully saturated rings. The Morgan fingerprint density at radius 2 is 1.54 bits per heavy atom. The first-order chi connectivity index (χ1) is 11.8. The van der Waals surface area contributed by atoms with Crippen molar-refractivity contribution in [2.75, 3.05) is 13.1 Å². The normalized spacial score (nSPS) is 27.9. The van der Waals surface area contributed by atoms with E-state index in [2.05, 4.69) is 76.6 Å². The molecule has 0 spiro atoms. The molecular formula is C20H21N3S. The van der Waals surface area contributed by atoms with Gasteiger partial charge in [-0.1, -0.05) is 66.7 Å². The highest BCUT2D eigenvalue weighted by Gasteiger charge is 2.39. The maximum Gasteiger partial charge on any atom is 0.167 e. The van der Waals surface area contributed by atoms with E-state index in [4.69, 9.17) is 12.2 Å². The van der Waals surface area contributed by atoms with Crippen molar-refractivity contribution in [3.8, 4) is 0 Å². The van der Waals surface area contributed by atoms with Crippen LogP contribution in [0.25, 0.3) is 6.08 Å². The van der Waals surface area contributed by atoms with Gasteiger partial charge in [0.05, 0.1) is 12.1 Å². The highest BCUT2D eigenvalue weighted by atomic mass is 32.1. The van der Waals surface area contributed by atoms with Gasteiger partial charge < -0.3 is 16.0 Å². The van der Waals surface area contributed by atoms with Crippen molar-refractivity contribution in [2.24, 2.45) is 5.92 Å². The van der Waals surface area contributed by atoms with Gasteiger partial charge >= 0.3 is 0 Å². The molecule has 0 aromatic heterocycles. The summed E-state index contributed by atoms with van der Waals surface area (Å²) in [6.07, 6.45) is 2.28. The van der Waals surface area contributed by atoms with Crippen LogP contribution in [0.4, 0.5) is 0 Å². The van der Waals surface area contributed by atoms with Crippen molar-refractivity contribution in [3.63, 3.8) is 0 Å². The van der Waals surface area contributed by atoms with Gasteiger partial charge in [0.2, 0.25) is 0 Å². The quantitative estimate of drug-likeness (QED) is 0.738. The lowest BCUT2D eigenvalue weighted by atomic mass is 9.79. The van der Waals surface area contributed by atoms with Gasteiger partial charge in [0, 0.05) is 19.0 Å². The highest BCUT2D eigenvalue weighted by molar-refractivity contribution is 7.80. The number of piperidine rings is 1. The van der Waals surface area contributed by atoms with Crippen molar-refractivity contribution in [3.05, 3.63) is 77.4 Å². The van der Waals surface area contributed by atoms with Gasteiger partial charge in [0.25, 0.3) is 0 Å². The van der Waals surface area contributed by atoms with E-state index >= 15 is 0 Å². The molecule has 122 valence electrons. The number of fused-ring (bicyclic) bond motifs is 1. The smallest absolute Gasteiger partial charge is 0.167 e. The minimum atomic E-state index is 0.233. The first kappa shape index (κ1) is 15.4. The van der Waals surface area contributed by atoms with Gasteiger partial charge in [-0.05, 0) is 28.9 Å². The van der Waals surface area contributed by atoms with Crippen LogP contribution in [-0.4, -0.2) is 24.2 Å². The Labute approximate surface area is 148 Å². The van der Waals surface area contributed by atoms with E-state index in [9.17, 15) is 0 Å². The number of thiocarbonyl (C=S) groups is 1. The predicted octanol–water partition coefficient (Wildman–Crippen LogP) is 2.88. The van der Waals surface area contributed by atoms with E-state index in [0.29, 0.717) is 5.92 Å². The van der Waals surface area contributed by atoms with E-state index in [1.807, 2.05) is 6.07 Å². The number of rotatable bonds is 2. The summed E-state index contributed by atoms with van der Waals surface area (Å²) >= 11 is 5.50. The molecule has 4 rings (SSSR count). The summed E-state index contributed by atoms with van der Waals surface area (Å²) in [6, 6.07) is 21.6. The Morgan fingerprint density at radius 1 is 0.875 bits per heavy atom. The molecule has 0 amide bonds. The summed E-state index contributed by atoms with van der Waals surface area (Å²) in [5.74, 6) is 0.419. The fraction of sp³-hybridized carbons (Fsp3) is 0.250. The second-order valence-corrected chi connectivity index (χ2v) is 6.82. The molecule has 24 heavy (non-hydrogen) atoms. The summed E-state index contributed by atoms with van der Waals surface area (Å²) in [4.78, 5) is 0. The van der Waals surface area contributed by atoms with Crippen LogP contribution in [0.5, 0.6) is 0 Å². The lowest BCUT2D eigenvalue weighted by molar-refractivity contribution is 0.275. The van der Waals surface area contributed by atoms with Crippen LogP contribution < -0.4 is 16.0 Å². The zero-order valence-corrected chi connectivity index (χ0v) is 14.2. The van der Waals surface area contributed by atoms with E-state index in [0.717, 1.165) is 18.2 Å². The summed E-state index contributed by atoms with van der Waals surface area (Å²) in [5, 5.41) is 11.3. The first-order valence-corrected chi connectivity index (χ1v) is 8.80. The molecule has 2 heterocycles. The topological polar surface area (TPSA) is 36.1 Å². The molecule has 2 saturated heterocycles. The van der Waals surface area contributed by atoms with Crippen LogP contribution in [-0.2, 0) is 0 Å². The van der Waals surface area contributed by atoms with E-state index in [1.165, 1.54) is 16.7 Å². The van der Waals surface area contributed by atoms with Crippen LogP contribution in [0.15, 0.2) is 66.2 Å². The summed E-state index contributed by atoms with van der Waals surface area (Å²) < 4.78 is 0. The predicted molar refractivity (Wildman–Crippen MR) is 103 cm³/mol. The number of benzene rings is 2. The fourth-order valence-electron chi connectivity index (χ4n) is 3.72. The van der Waals surface area contributed by atoms with Gasteiger partial charge in [0.1, 0.15) is 0 Å². The molecule has 4 heteroatoms. The van der Waals surface area contributed by atoms with Crippen molar-refractivity contribution >= 4 is 23.4 Å². The average molecular weight is 335 g/mol. The standard InChI is InChI=1S/C20H21N3S/c24-20-22-18(15-9-5-2-6-10-15)17-13-21-12-16(19(17)23-20)11-14-7-3-1-4-8-14/h1-11,17-19,21H,12-13H2,(H2,22,23,24)/b16-11+. The Bertz CT molecular complexity index is 742. The molecule has 3 unspecified atom stereocenters. The molecule has 3 N–H and O–H groups in total. The first-order valence-electron chi connectivity index (χ1n) is 8.39. The van der Waals surface area contributed by atoms with E-state index in [-0.39, 0.29) is 12.1 Å².